The van der Waals surface area contributed by atoms with Crippen molar-refractivity contribution in [3.8, 4) is 0 Å². The summed E-state index contributed by atoms with van der Waals surface area (Å²) in [4.78, 5) is 15.9. The maximum Gasteiger partial charge on any atom is 0.239 e. The molecule has 0 aliphatic carbocycles. The lowest BCUT2D eigenvalue weighted by Gasteiger charge is -2.10. The molecule has 1 aromatic heterocycles. The van der Waals surface area contributed by atoms with Gasteiger partial charge in [0.25, 0.3) is 0 Å². The third kappa shape index (κ3) is 3.36. The summed E-state index contributed by atoms with van der Waals surface area (Å²) in [6.07, 6.45) is 1.70. The first kappa shape index (κ1) is 14.1. The zero-order chi connectivity index (χ0) is 14.4. The Labute approximate surface area is 117 Å². The van der Waals surface area contributed by atoms with Gasteiger partial charge in [-0.3, -0.25) is 9.78 Å². The van der Waals surface area contributed by atoms with Crippen LogP contribution in [0.1, 0.15) is 0 Å². The van der Waals surface area contributed by atoms with Crippen LogP contribution in [-0.2, 0) is 9.53 Å². The number of amides is 1. The topological polar surface area (TPSA) is 89.3 Å². The van der Waals surface area contributed by atoms with Crippen LogP contribution in [-0.4, -0.2) is 37.7 Å². The molecule has 0 saturated carbocycles. The zero-order valence-corrected chi connectivity index (χ0v) is 11.3. The Kier molecular flexibility index (Phi) is 4.73. The largest absolute Gasteiger partial charge is 0.398 e. The van der Waals surface area contributed by atoms with Gasteiger partial charge in [0.15, 0.2) is 0 Å². The van der Waals surface area contributed by atoms with Gasteiger partial charge >= 0.3 is 0 Å². The lowest BCUT2D eigenvalue weighted by molar-refractivity contribution is -0.119. The highest BCUT2D eigenvalue weighted by Crippen LogP contribution is 2.25. The minimum atomic E-state index is -0.0945. The van der Waals surface area contributed by atoms with Crippen LogP contribution >= 0.6 is 0 Å². The number of nitrogen functional groups attached to an aromatic ring is 1. The molecule has 1 heterocycles. The van der Waals surface area contributed by atoms with Crippen molar-refractivity contribution in [1.82, 2.24) is 10.3 Å². The van der Waals surface area contributed by atoms with Gasteiger partial charge in [-0.2, -0.15) is 0 Å². The molecular weight excluding hydrogens is 256 g/mol. The van der Waals surface area contributed by atoms with Crippen LogP contribution in [0.3, 0.4) is 0 Å². The van der Waals surface area contributed by atoms with E-state index in [0.717, 1.165) is 16.6 Å². The first-order chi connectivity index (χ1) is 9.72. The number of nitrogens with two attached hydrogens (primary N) is 1. The summed E-state index contributed by atoms with van der Waals surface area (Å²) in [7, 11) is 1.59. The number of benzene rings is 1. The maximum atomic E-state index is 11.6. The van der Waals surface area contributed by atoms with Crippen LogP contribution < -0.4 is 16.4 Å². The number of carbonyl (C=O) groups is 1. The fourth-order valence-corrected chi connectivity index (χ4v) is 1.87. The molecule has 6 nitrogen and oxygen atoms in total. The molecule has 0 radical (unpaired) electrons. The summed E-state index contributed by atoms with van der Waals surface area (Å²) >= 11 is 0. The Morgan fingerprint density at radius 3 is 3.05 bits per heavy atom. The zero-order valence-electron chi connectivity index (χ0n) is 11.3. The number of hydrogen-bond acceptors (Lipinski definition) is 5. The molecule has 1 aromatic carbocycles. The molecule has 1 amide bonds. The van der Waals surface area contributed by atoms with E-state index in [0.29, 0.717) is 18.8 Å². The second-order valence-electron chi connectivity index (χ2n) is 4.30. The van der Waals surface area contributed by atoms with Crippen molar-refractivity contribution in [2.45, 2.75) is 0 Å². The highest BCUT2D eigenvalue weighted by molar-refractivity contribution is 5.99. The Hall–Kier alpha value is -2.34. The van der Waals surface area contributed by atoms with Crippen molar-refractivity contribution in [2.75, 3.05) is 37.9 Å². The summed E-state index contributed by atoms with van der Waals surface area (Å²) < 4.78 is 4.87. The van der Waals surface area contributed by atoms with Crippen LogP contribution in [0.4, 0.5) is 11.4 Å². The van der Waals surface area contributed by atoms with Gasteiger partial charge in [-0.1, -0.05) is 0 Å². The van der Waals surface area contributed by atoms with Gasteiger partial charge in [0.2, 0.25) is 5.91 Å². The molecule has 0 atom stereocenters. The number of pyridine rings is 1. The van der Waals surface area contributed by atoms with Gasteiger partial charge in [-0.25, -0.2) is 0 Å². The average Bonchev–Trinajstić information content (AvgIpc) is 2.47. The molecule has 0 bridgehead atoms. The lowest BCUT2D eigenvalue weighted by Crippen LogP contribution is -2.32. The summed E-state index contributed by atoms with van der Waals surface area (Å²) in [5, 5.41) is 6.68. The van der Waals surface area contributed by atoms with Crippen molar-refractivity contribution < 1.29 is 9.53 Å². The second-order valence-corrected chi connectivity index (χ2v) is 4.30. The number of rotatable bonds is 6. The van der Waals surface area contributed by atoms with Crippen LogP contribution in [0.5, 0.6) is 0 Å². The first-order valence-corrected chi connectivity index (χ1v) is 6.35. The fraction of sp³-hybridized carbons (Fsp3) is 0.286. The standard InChI is InChI=1S/C14H18N4O2/c1-20-8-7-16-13(19)9-18-12-5-4-11(15)10-3-2-6-17-14(10)12/h2-6,18H,7-9,15H2,1H3,(H,16,19). The Balaban J connectivity index is 2.03. The molecule has 106 valence electrons. The van der Waals surface area contributed by atoms with Gasteiger partial charge in [-0.15, -0.1) is 0 Å². The average molecular weight is 274 g/mol. The van der Waals surface area contributed by atoms with E-state index >= 15 is 0 Å². The number of fused-ring (bicyclic) bond motifs is 1. The van der Waals surface area contributed by atoms with E-state index in [1.807, 2.05) is 18.2 Å². The van der Waals surface area contributed by atoms with Crippen LogP contribution in [0.25, 0.3) is 10.9 Å². The minimum Gasteiger partial charge on any atom is -0.398 e. The first-order valence-electron chi connectivity index (χ1n) is 6.35. The Bertz CT molecular complexity index is 601. The lowest BCUT2D eigenvalue weighted by atomic mass is 10.1. The van der Waals surface area contributed by atoms with Crippen molar-refractivity contribution in [2.24, 2.45) is 0 Å². The van der Waals surface area contributed by atoms with E-state index in [-0.39, 0.29) is 12.5 Å². The van der Waals surface area contributed by atoms with E-state index in [4.69, 9.17) is 10.5 Å². The van der Waals surface area contributed by atoms with Crippen molar-refractivity contribution in [3.05, 3.63) is 30.5 Å². The molecular formula is C14H18N4O2. The molecule has 2 rings (SSSR count). The van der Waals surface area contributed by atoms with Crippen molar-refractivity contribution in [3.63, 3.8) is 0 Å². The van der Waals surface area contributed by atoms with Gasteiger partial charge in [0, 0.05) is 30.9 Å². The second kappa shape index (κ2) is 6.72. The summed E-state index contributed by atoms with van der Waals surface area (Å²) in [6.45, 7) is 1.18. The minimum absolute atomic E-state index is 0.0945. The predicted octanol–water partition coefficient (Wildman–Crippen LogP) is 0.991. The van der Waals surface area contributed by atoms with Crippen LogP contribution in [0, 0.1) is 0 Å². The number of ether oxygens (including phenoxy) is 1. The van der Waals surface area contributed by atoms with Crippen molar-refractivity contribution in [1.29, 1.82) is 0 Å². The summed E-state index contributed by atoms with van der Waals surface area (Å²) in [6, 6.07) is 7.36. The molecule has 4 N–H and O–H groups in total. The van der Waals surface area contributed by atoms with E-state index in [1.54, 1.807) is 19.4 Å². The van der Waals surface area contributed by atoms with E-state index in [1.165, 1.54) is 0 Å². The van der Waals surface area contributed by atoms with Gasteiger partial charge in [0.05, 0.1) is 24.4 Å². The number of carbonyl (C=O) groups excluding carboxylic acids is 1. The van der Waals surface area contributed by atoms with E-state index in [9.17, 15) is 4.79 Å². The molecule has 2 aromatic rings. The molecule has 0 aliphatic rings. The van der Waals surface area contributed by atoms with Gasteiger partial charge in [-0.05, 0) is 24.3 Å². The van der Waals surface area contributed by atoms with Crippen LogP contribution in [0.15, 0.2) is 30.5 Å². The fourth-order valence-electron chi connectivity index (χ4n) is 1.87. The van der Waals surface area contributed by atoms with Gasteiger partial charge in [0.1, 0.15) is 0 Å². The molecule has 0 fully saturated rings. The molecule has 0 spiro atoms. The molecule has 0 saturated heterocycles. The normalized spacial score (nSPS) is 10.4. The third-order valence-corrected chi connectivity index (χ3v) is 2.87. The van der Waals surface area contributed by atoms with Crippen molar-refractivity contribution >= 4 is 28.2 Å². The highest BCUT2D eigenvalue weighted by Gasteiger charge is 2.06. The number of nitrogens with zero attached hydrogens (tertiary/aromatic N) is 1. The number of anilines is 2. The number of methoxy groups -OCH3 is 1. The quantitative estimate of drug-likeness (QED) is 0.540. The molecule has 0 aliphatic heterocycles. The number of aromatic nitrogens is 1. The van der Waals surface area contributed by atoms with E-state index in [2.05, 4.69) is 15.6 Å². The Morgan fingerprint density at radius 1 is 1.40 bits per heavy atom. The number of nitrogens with one attached hydrogen (secondary N) is 2. The molecule has 0 unspecified atom stereocenters. The highest BCUT2D eigenvalue weighted by atomic mass is 16.5. The van der Waals surface area contributed by atoms with Gasteiger partial charge < -0.3 is 21.1 Å². The molecule has 6 heteroatoms. The SMILES string of the molecule is COCCNC(=O)CNc1ccc(N)c2cccnc12. The Morgan fingerprint density at radius 2 is 2.25 bits per heavy atom. The summed E-state index contributed by atoms with van der Waals surface area (Å²) in [5.41, 5.74) is 8.12. The van der Waals surface area contributed by atoms with E-state index < -0.39 is 0 Å². The summed E-state index contributed by atoms with van der Waals surface area (Å²) in [5.74, 6) is -0.0945. The van der Waals surface area contributed by atoms with Crippen LogP contribution in [0.2, 0.25) is 0 Å². The number of hydrogen-bond donors (Lipinski definition) is 3. The molecule has 20 heavy (non-hydrogen) atoms. The predicted molar refractivity (Wildman–Crippen MR) is 79.5 cm³/mol. The smallest absolute Gasteiger partial charge is 0.239 e. The third-order valence-electron chi connectivity index (χ3n) is 2.87. The maximum absolute atomic E-state index is 11.6. The monoisotopic (exact) mass is 274 g/mol.